The SMILES string of the molecule is OCC(NC1CCCCC1)c1cc(Br)c2c(c1)OCO2. The number of hydrogen-bond acceptors (Lipinski definition) is 4. The number of ether oxygens (including phenoxy) is 2. The largest absolute Gasteiger partial charge is 0.454 e. The number of rotatable bonds is 4. The molecule has 1 fully saturated rings. The van der Waals surface area contributed by atoms with Crippen LogP contribution in [0.2, 0.25) is 0 Å². The third-order valence-corrected chi connectivity index (χ3v) is 4.67. The summed E-state index contributed by atoms with van der Waals surface area (Å²) in [5, 5.41) is 13.3. The van der Waals surface area contributed by atoms with Crippen molar-refractivity contribution in [1.82, 2.24) is 5.32 Å². The third-order valence-electron chi connectivity index (χ3n) is 4.08. The second kappa shape index (κ2) is 6.33. The monoisotopic (exact) mass is 341 g/mol. The lowest BCUT2D eigenvalue weighted by atomic mass is 9.94. The fourth-order valence-corrected chi connectivity index (χ4v) is 3.57. The second-order valence-corrected chi connectivity index (χ2v) is 6.33. The summed E-state index contributed by atoms with van der Waals surface area (Å²) in [7, 11) is 0. The summed E-state index contributed by atoms with van der Waals surface area (Å²) < 4.78 is 11.7. The molecule has 1 aliphatic carbocycles. The summed E-state index contributed by atoms with van der Waals surface area (Å²) in [6, 6.07) is 4.42. The van der Waals surface area contributed by atoms with Crippen LogP contribution in [0.3, 0.4) is 0 Å². The van der Waals surface area contributed by atoms with Gasteiger partial charge in [-0.25, -0.2) is 0 Å². The molecule has 0 spiro atoms. The van der Waals surface area contributed by atoms with E-state index in [0.29, 0.717) is 6.04 Å². The Balaban J connectivity index is 1.76. The van der Waals surface area contributed by atoms with Crippen molar-refractivity contribution in [1.29, 1.82) is 0 Å². The fraction of sp³-hybridized carbons (Fsp3) is 0.600. The van der Waals surface area contributed by atoms with Gasteiger partial charge in [0.15, 0.2) is 11.5 Å². The fourth-order valence-electron chi connectivity index (χ4n) is 3.00. The minimum absolute atomic E-state index is 0.0519. The predicted octanol–water partition coefficient (Wildman–Crippen LogP) is 3.13. The number of halogens is 1. The van der Waals surface area contributed by atoms with E-state index in [1.807, 2.05) is 12.1 Å². The molecule has 1 atom stereocenters. The number of aliphatic hydroxyl groups is 1. The van der Waals surface area contributed by atoms with Gasteiger partial charge < -0.3 is 19.9 Å². The van der Waals surface area contributed by atoms with Crippen molar-refractivity contribution in [3.63, 3.8) is 0 Å². The number of aliphatic hydroxyl groups excluding tert-OH is 1. The van der Waals surface area contributed by atoms with Gasteiger partial charge in [-0.2, -0.15) is 0 Å². The summed E-state index contributed by atoms with van der Waals surface area (Å²) in [4.78, 5) is 0. The van der Waals surface area contributed by atoms with Crippen molar-refractivity contribution in [2.75, 3.05) is 13.4 Å². The van der Waals surface area contributed by atoms with Crippen molar-refractivity contribution in [2.24, 2.45) is 0 Å². The van der Waals surface area contributed by atoms with Crippen LogP contribution in [0.4, 0.5) is 0 Å². The first-order valence-electron chi connectivity index (χ1n) is 7.24. The molecule has 1 aromatic carbocycles. The molecule has 20 heavy (non-hydrogen) atoms. The minimum Gasteiger partial charge on any atom is -0.454 e. The second-order valence-electron chi connectivity index (χ2n) is 5.47. The standard InChI is InChI=1S/C15H20BrNO3/c16-12-6-10(7-14-15(12)20-9-19-14)13(8-18)17-11-4-2-1-3-5-11/h6-7,11,13,17-18H,1-5,8-9H2. The molecular weight excluding hydrogens is 322 g/mol. The molecule has 1 unspecified atom stereocenters. The highest BCUT2D eigenvalue weighted by Gasteiger charge is 2.23. The molecule has 1 saturated carbocycles. The van der Waals surface area contributed by atoms with Gasteiger partial charge in [0, 0.05) is 6.04 Å². The van der Waals surface area contributed by atoms with Crippen LogP contribution in [0.25, 0.3) is 0 Å². The van der Waals surface area contributed by atoms with Gasteiger partial charge in [0.1, 0.15) is 0 Å². The van der Waals surface area contributed by atoms with E-state index in [-0.39, 0.29) is 19.4 Å². The van der Waals surface area contributed by atoms with Crippen LogP contribution < -0.4 is 14.8 Å². The van der Waals surface area contributed by atoms with Gasteiger partial charge in [0.2, 0.25) is 6.79 Å². The maximum Gasteiger partial charge on any atom is 0.231 e. The molecule has 0 amide bonds. The van der Waals surface area contributed by atoms with Crippen LogP contribution in [0.15, 0.2) is 16.6 Å². The molecule has 1 aliphatic heterocycles. The zero-order valence-electron chi connectivity index (χ0n) is 11.4. The van der Waals surface area contributed by atoms with Crippen LogP contribution in [-0.2, 0) is 0 Å². The summed E-state index contributed by atoms with van der Waals surface area (Å²) in [6.07, 6.45) is 6.28. The zero-order valence-corrected chi connectivity index (χ0v) is 13.0. The van der Waals surface area contributed by atoms with Crippen LogP contribution in [-0.4, -0.2) is 24.5 Å². The first-order chi connectivity index (χ1) is 9.78. The van der Waals surface area contributed by atoms with E-state index in [1.54, 1.807) is 0 Å². The van der Waals surface area contributed by atoms with Crippen LogP contribution in [0.5, 0.6) is 11.5 Å². The van der Waals surface area contributed by atoms with Crippen LogP contribution in [0, 0.1) is 0 Å². The molecule has 2 N–H and O–H groups in total. The number of hydrogen-bond donors (Lipinski definition) is 2. The number of benzene rings is 1. The Bertz CT molecular complexity index is 474. The van der Waals surface area contributed by atoms with Crippen molar-refractivity contribution >= 4 is 15.9 Å². The minimum atomic E-state index is -0.0519. The average molecular weight is 342 g/mol. The van der Waals surface area contributed by atoms with Gasteiger partial charge in [-0.15, -0.1) is 0 Å². The molecule has 0 aromatic heterocycles. The Morgan fingerprint density at radius 2 is 2.05 bits per heavy atom. The Kier molecular flexibility index (Phi) is 4.48. The zero-order chi connectivity index (χ0) is 13.9. The topological polar surface area (TPSA) is 50.7 Å². The van der Waals surface area contributed by atoms with Gasteiger partial charge in [0.25, 0.3) is 0 Å². The van der Waals surface area contributed by atoms with Crippen LogP contribution >= 0.6 is 15.9 Å². The summed E-state index contributed by atoms with van der Waals surface area (Å²) in [5.74, 6) is 1.50. The first-order valence-corrected chi connectivity index (χ1v) is 8.03. The number of nitrogens with one attached hydrogen (secondary N) is 1. The smallest absolute Gasteiger partial charge is 0.231 e. The molecular formula is C15H20BrNO3. The Labute approximate surface area is 127 Å². The lowest BCUT2D eigenvalue weighted by Crippen LogP contribution is -2.36. The molecule has 0 radical (unpaired) electrons. The molecule has 5 heteroatoms. The lowest BCUT2D eigenvalue weighted by molar-refractivity contribution is 0.173. The van der Waals surface area contributed by atoms with Gasteiger partial charge in [0.05, 0.1) is 17.1 Å². The summed E-state index contributed by atoms with van der Waals surface area (Å²) in [5.41, 5.74) is 1.04. The van der Waals surface area contributed by atoms with Crippen molar-refractivity contribution in [3.05, 3.63) is 22.2 Å². The molecule has 0 bridgehead atoms. The van der Waals surface area contributed by atoms with E-state index >= 15 is 0 Å². The maximum atomic E-state index is 9.70. The Hall–Kier alpha value is -0.780. The maximum absolute atomic E-state index is 9.70. The van der Waals surface area contributed by atoms with E-state index in [4.69, 9.17) is 9.47 Å². The number of fused-ring (bicyclic) bond motifs is 1. The Morgan fingerprint density at radius 3 is 2.80 bits per heavy atom. The molecule has 0 saturated heterocycles. The lowest BCUT2D eigenvalue weighted by Gasteiger charge is -2.28. The van der Waals surface area contributed by atoms with E-state index in [1.165, 1.54) is 32.1 Å². The van der Waals surface area contributed by atoms with E-state index in [0.717, 1.165) is 21.5 Å². The molecule has 1 aromatic rings. The molecule has 4 nitrogen and oxygen atoms in total. The molecule has 1 heterocycles. The Morgan fingerprint density at radius 1 is 1.25 bits per heavy atom. The van der Waals surface area contributed by atoms with Crippen molar-refractivity contribution in [2.45, 2.75) is 44.2 Å². The highest BCUT2D eigenvalue weighted by molar-refractivity contribution is 9.10. The van der Waals surface area contributed by atoms with E-state index in [9.17, 15) is 5.11 Å². The van der Waals surface area contributed by atoms with Crippen molar-refractivity contribution < 1.29 is 14.6 Å². The summed E-state index contributed by atoms with van der Waals surface area (Å²) >= 11 is 3.51. The average Bonchev–Trinajstić information content (AvgIpc) is 2.95. The normalized spacial score (nSPS) is 20.1. The molecule has 110 valence electrons. The van der Waals surface area contributed by atoms with Gasteiger partial charge in [-0.05, 0) is 46.5 Å². The first kappa shape index (κ1) is 14.2. The van der Waals surface area contributed by atoms with Gasteiger partial charge in [-0.1, -0.05) is 19.3 Å². The molecule has 2 aliphatic rings. The molecule has 3 rings (SSSR count). The quantitative estimate of drug-likeness (QED) is 0.883. The van der Waals surface area contributed by atoms with Crippen molar-refractivity contribution in [3.8, 4) is 11.5 Å². The van der Waals surface area contributed by atoms with E-state index in [2.05, 4.69) is 21.2 Å². The summed E-state index contributed by atoms with van der Waals surface area (Å²) in [6.45, 7) is 0.347. The third kappa shape index (κ3) is 2.95. The van der Waals surface area contributed by atoms with Gasteiger partial charge in [-0.3, -0.25) is 0 Å². The van der Waals surface area contributed by atoms with Crippen LogP contribution in [0.1, 0.15) is 43.7 Å². The van der Waals surface area contributed by atoms with Gasteiger partial charge >= 0.3 is 0 Å². The predicted molar refractivity (Wildman–Crippen MR) is 80.1 cm³/mol. The highest BCUT2D eigenvalue weighted by Crippen LogP contribution is 2.41. The highest BCUT2D eigenvalue weighted by atomic mass is 79.9. The van der Waals surface area contributed by atoms with E-state index < -0.39 is 0 Å².